The molecule has 0 saturated heterocycles. The van der Waals surface area contributed by atoms with E-state index >= 15 is 0 Å². The van der Waals surface area contributed by atoms with Crippen LogP contribution in [0.15, 0.2) is 25.3 Å². The highest BCUT2D eigenvalue weighted by molar-refractivity contribution is 5.68. The highest BCUT2D eigenvalue weighted by Gasteiger charge is 2.31. The Bertz CT molecular complexity index is 628. The number of hydrogen-bond donors (Lipinski definition) is 1. The van der Waals surface area contributed by atoms with Crippen LogP contribution in [0.1, 0.15) is 50.2 Å². The topological polar surface area (TPSA) is 67.6 Å². The lowest BCUT2D eigenvalue weighted by Gasteiger charge is -2.30. The Morgan fingerprint density at radius 2 is 2.12 bits per heavy atom. The van der Waals surface area contributed by atoms with Gasteiger partial charge in [-0.05, 0) is 27.2 Å². The summed E-state index contributed by atoms with van der Waals surface area (Å²) in [7, 11) is 0. The highest BCUT2D eigenvalue weighted by atomic mass is 16.6. The van der Waals surface area contributed by atoms with Crippen LogP contribution in [-0.4, -0.2) is 38.0 Å². The Morgan fingerprint density at radius 3 is 2.71 bits per heavy atom. The SMILES string of the molecule is C=CCC(O)c1c2c(nn1CC=C)CCN(C(=O)OC(C)(C)C)C2. The average Bonchev–Trinajstić information content (AvgIpc) is 2.83. The van der Waals surface area contributed by atoms with Crippen LogP contribution in [0.5, 0.6) is 0 Å². The van der Waals surface area contributed by atoms with E-state index in [-0.39, 0.29) is 6.09 Å². The van der Waals surface area contributed by atoms with Crippen LogP contribution < -0.4 is 0 Å². The summed E-state index contributed by atoms with van der Waals surface area (Å²) in [4.78, 5) is 14.0. The molecule has 0 fully saturated rings. The predicted molar refractivity (Wildman–Crippen MR) is 92.5 cm³/mol. The largest absolute Gasteiger partial charge is 0.444 e. The van der Waals surface area contributed by atoms with Crippen molar-refractivity contribution in [2.45, 2.75) is 58.4 Å². The Kier molecular flexibility index (Phi) is 5.49. The first kappa shape index (κ1) is 18.3. The molecule has 0 bridgehead atoms. The molecule has 6 heteroatoms. The molecule has 1 amide bonds. The number of ether oxygens (including phenoxy) is 1. The number of aromatic nitrogens is 2. The second kappa shape index (κ2) is 7.21. The molecule has 0 aliphatic carbocycles. The van der Waals surface area contributed by atoms with Gasteiger partial charge in [-0.25, -0.2) is 4.79 Å². The van der Waals surface area contributed by atoms with Crippen LogP contribution in [0.2, 0.25) is 0 Å². The quantitative estimate of drug-likeness (QED) is 0.841. The molecular weight excluding hydrogens is 306 g/mol. The summed E-state index contributed by atoms with van der Waals surface area (Å²) in [5.74, 6) is 0. The molecule has 2 heterocycles. The second-order valence-corrected chi connectivity index (χ2v) is 6.97. The minimum atomic E-state index is -0.697. The zero-order valence-corrected chi connectivity index (χ0v) is 14.8. The van der Waals surface area contributed by atoms with Crippen molar-refractivity contribution in [2.24, 2.45) is 0 Å². The van der Waals surface area contributed by atoms with E-state index in [0.29, 0.717) is 32.5 Å². The number of fused-ring (bicyclic) bond motifs is 1. The molecule has 24 heavy (non-hydrogen) atoms. The number of aliphatic hydroxyl groups is 1. The molecule has 0 aromatic carbocycles. The van der Waals surface area contributed by atoms with Crippen LogP contribution >= 0.6 is 0 Å². The zero-order valence-electron chi connectivity index (χ0n) is 14.8. The van der Waals surface area contributed by atoms with Crippen LogP contribution in [0, 0.1) is 0 Å². The number of hydrogen-bond acceptors (Lipinski definition) is 4. The standard InChI is InChI=1S/C18H27N3O3/c1-6-8-15(22)16-13-12-20(17(23)24-18(3,4)5)11-9-14(13)19-21(16)10-7-2/h6-7,15,22H,1-2,8-12H2,3-5H3. The van der Waals surface area contributed by atoms with E-state index in [0.717, 1.165) is 17.0 Å². The molecule has 2 rings (SSSR count). The first-order valence-corrected chi connectivity index (χ1v) is 8.23. The third-order valence-corrected chi connectivity index (χ3v) is 3.80. The van der Waals surface area contributed by atoms with Gasteiger partial charge in [-0.3, -0.25) is 4.68 Å². The third kappa shape index (κ3) is 4.06. The van der Waals surface area contributed by atoms with Crippen molar-refractivity contribution in [3.8, 4) is 0 Å². The summed E-state index contributed by atoms with van der Waals surface area (Å²) >= 11 is 0. The van der Waals surface area contributed by atoms with Crippen molar-refractivity contribution in [1.29, 1.82) is 0 Å². The van der Waals surface area contributed by atoms with Gasteiger partial charge in [0.1, 0.15) is 5.60 Å². The summed E-state index contributed by atoms with van der Waals surface area (Å²) in [5, 5.41) is 15.1. The molecular formula is C18H27N3O3. The lowest BCUT2D eigenvalue weighted by atomic mass is 10.0. The molecule has 1 N–H and O–H groups in total. The minimum absolute atomic E-state index is 0.339. The van der Waals surface area contributed by atoms with Crippen molar-refractivity contribution < 1.29 is 14.6 Å². The predicted octanol–water partition coefficient (Wildman–Crippen LogP) is 2.97. The van der Waals surface area contributed by atoms with Crippen molar-refractivity contribution in [3.63, 3.8) is 0 Å². The van der Waals surface area contributed by atoms with Crippen LogP contribution in [0.25, 0.3) is 0 Å². The molecule has 0 saturated carbocycles. The fourth-order valence-corrected chi connectivity index (χ4v) is 2.83. The molecule has 1 aromatic heterocycles. The Balaban J connectivity index is 2.29. The number of aliphatic hydroxyl groups excluding tert-OH is 1. The van der Waals surface area contributed by atoms with Gasteiger partial charge in [-0.2, -0.15) is 5.10 Å². The first-order chi connectivity index (χ1) is 11.3. The maximum atomic E-state index is 12.3. The molecule has 0 spiro atoms. The van der Waals surface area contributed by atoms with Crippen molar-refractivity contribution in [2.75, 3.05) is 6.54 Å². The Hall–Kier alpha value is -2.08. The third-order valence-electron chi connectivity index (χ3n) is 3.80. The normalized spacial score (nSPS) is 15.6. The molecule has 0 radical (unpaired) electrons. The maximum absolute atomic E-state index is 12.3. The van der Waals surface area contributed by atoms with Gasteiger partial charge < -0.3 is 14.7 Å². The second-order valence-electron chi connectivity index (χ2n) is 6.97. The molecule has 1 aliphatic heterocycles. The van der Waals surface area contributed by atoms with Gasteiger partial charge in [-0.15, -0.1) is 13.2 Å². The van der Waals surface area contributed by atoms with E-state index in [1.54, 1.807) is 21.7 Å². The van der Waals surface area contributed by atoms with Crippen molar-refractivity contribution >= 4 is 6.09 Å². The highest BCUT2D eigenvalue weighted by Crippen LogP contribution is 2.29. The molecule has 1 aromatic rings. The van der Waals surface area contributed by atoms with Crippen LogP contribution in [0.3, 0.4) is 0 Å². The maximum Gasteiger partial charge on any atom is 0.410 e. The molecule has 1 atom stereocenters. The summed E-state index contributed by atoms with van der Waals surface area (Å²) in [6, 6.07) is 0. The van der Waals surface area contributed by atoms with Gasteiger partial charge in [0.15, 0.2) is 0 Å². The van der Waals surface area contributed by atoms with E-state index < -0.39 is 11.7 Å². The van der Waals surface area contributed by atoms with E-state index in [1.807, 2.05) is 20.8 Å². The number of allylic oxidation sites excluding steroid dienone is 1. The number of amides is 1. The van der Waals surface area contributed by atoms with Gasteiger partial charge in [0.25, 0.3) is 0 Å². The van der Waals surface area contributed by atoms with Gasteiger partial charge in [0.2, 0.25) is 0 Å². The van der Waals surface area contributed by atoms with Crippen molar-refractivity contribution in [3.05, 3.63) is 42.3 Å². The molecule has 6 nitrogen and oxygen atoms in total. The van der Waals surface area contributed by atoms with Gasteiger partial charge in [-0.1, -0.05) is 12.2 Å². The fraction of sp³-hybridized carbons (Fsp3) is 0.556. The number of nitrogens with zero attached hydrogens (tertiary/aromatic N) is 3. The molecule has 1 aliphatic rings. The smallest absolute Gasteiger partial charge is 0.410 e. The average molecular weight is 333 g/mol. The fourth-order valence-electron chi connectivity index (χ4n) is 2.83. The summed E-state index contributed by atoms with van der Waals surface area (Å²) in [6.07, 6.45) is 3.46. The molecule has 132 valence electrons. The molecule has 1 unspecified atom stereocenters. The van der Waals surface area contributed by atoms with Gasteiger partial charge in [0.05, 0.1) is 30.6 Å². The van der Waals surface area contributed by atoms with Crippen LogP contribution in [-0.2, 0) is 24.2 Å². The minimum Gasteiger partial charge on any atom is -0.444 e. The first-order valence-electron chi connectivity index (χ1n) is 8.23. The van der Waals surface area contributed by atoms with Crippen molar-refractivity contribution in [1.82, 2.24) is 14.7 Å². The van der Waals surface area contributed by atoms with Crippen LogP contribution in [0.4, 0.5) is 4.79 Å². The summed E-state index contributed by atoms with van der Waals surface area (Å²) in [6.45, 7) is 14.4. The van der Waals surface area contributed by atoms with E-state index in [2.05, 4.69) is 18.3 Å². The lowest BCUT2D eigenvalue weighted by Crippen LogP contribution is -2.40. The Morgan fingerprint density at radius 1 is 1.42 bits per heavy atom. The van der Waals surface area contributed by atoms with E-state index in [9.17, 15) is 9.90 Å². The summed E-state index contributed by atoms with van der Waals surface area (Å²) < 4.78 is 7.23. The number of carbonyl (C=O) groups excluding carboxylic acids is 1. The summed E-state index contributed by atoms with van der Waals surface area (Å²) in [5.41, 5.74) is 2.03. The van der Waals surface area contributed by atoms with E-state index in [1.165, 1.54) is 0 Å². The Labute approximate surface area is 143 Å². The monoisotopic (exact) mass is 333 g/mol. The number of rotatable bonds is 5. The van der Waals surface area contributed by atoms with Gasteiger partial charge >= 0.3 is 6.09 Å². The zero-order chi connectivity index (χ0) is 17.9. The lowest BCUT2D eigenvalue weighted by molar-refractivity contribution is 0.0221. The van der Waals surface area contributed by atoms with Gasteiger partial charge in [0, 0.05) is 18.5 Å². The van der Waals surface area contributed by atoms with E-state index in [4.69, 9.17) is 4.74 Å². The number of carbonyl (C=O) groups is 1.